The quantitative estimate of drug-likeness (QED) is 0.121. The van der Waals surface area contributed by atoms with Gasteiger partial charge in [-0.2, -0.15) is 0 Å². The Morgan fingerprint density at radius 2 is 1.07 bits per heavy atom. The van der Waals surface area contributed by atoms with Crippen molar-refractivity contribution in [2.24, 2.45) is 0 Å². The highest BCUT2D eigenvalue weighted by atomic mass is 19.1. The second kappa shape index (κ2) is 13.0. The molecule has 0 saturated carbocycles. The lowest BCUT2D eigenvalue weighted by molar-refractivity contribution is 0.629. The topological polar surface area (TPSA) is 3.24 Å². The molecule has 0 spiro atoms. The molecule has 1 aliphatic carbocycles. The molecule has 0 aromatic heterocycles. The van der Waals surface area contributed by atoms with Crippen LogP contribution >= 0.6 is 0 Å². The molecule has 1 aliphatic rings. The van der Waals surface area contributed by atoms with Gasteiger partial charge in [0, 0.05) is 16.8 Å². The summed E-state index contributed by atoms with van der Waals surface area (Å²) in [4.78, 5) is 2.02. The summed E-state index contributed by atoms with van der Waals surface area (Å²) in [5, 5.41) is 12.7. The molecule has 0 unspecified atom stereocenters. The van der Waals surface area contributed by atoms with Crippen molar-refractivity contribution in [1.29, 1.82) is 0 Å². The number of rotatable bonds is 6. The molecule has 2 heteroatoms. The van der Waals surface area contributed by atoms with E-state index in [1.807, 2.05) is 35.2 Å². The number of hydrogen-bond acceptors (Lipinski definition) is 1. The van der Waals surface area contributed by atoms with Gasteiger partial charge in [-0.05, 0) is 160 Å². The third-order valence-corrected chi connectivity index (χ3v) is 12.5. The van der Waals surface area contributed by atoms with Crippen molar-refractivity contribution in [2.75, 3.05) is 4.90 Å². The van der Waals surface area contributed by atoms with E-state index in [0.717, 1.165) is 33.3 Å². The van der Waals surface area contributed by atoms with Crippen molar-refractivity contribution in [3.05, 3.63) is 210 Å². The third-order valence-electron chi connectivity index (χ3n) is 12.5. The zero-order chi connectivity index (χ0) is 39.1. The molecule has 0 bridgehead atoms. The van der Waals surface area contributed by atoms with Crippen molar-refractivity contribution in [2.45, 2.75) is 26.2 Å². The molecule has 0 aliphatic heterocycles. The number of para-hydroxylation sites is 2. The number of nitrogens with zero attached hydrogens (tertiary/aromatic N) is 1. The Labute approximate surface area is 337 Å². The van der Waals surface area contributed by atoms with Gasteiger partial charge in [0.25, 0.3) is 0 Å². The molecule has 0 radical (unpaired) electrons. The van der Waals surface area contributed by atoms with Crippen LogP contribution in [0.4, 0.5) is 21.5 Å². The first-order valence-corrected chi connectivity index (χ1v) is 20.1. The third kappa shape index (κ3) is 5.36. The van der Waals surface area contributed by atoms with Crippen molar-refractivity contribution in [3.63, 3.8) is 0 Å². The zero-order valence-corrected chi connectivity index (χ0v) is 32.7. The van der Waals surface area contributed by atoms with Crippen LogP contribution in [0.2, 0.25) is 0 Å². The Morgan fingerprint density at radius 1 is 0.466 bits per heavy atom. The highest BCUT2D eigenvalue weighted by Gasteiger charge is 2.35. The molecular formula is C56H40FN. The molecule has 0 N–H and O–H groups in total. The van der Waals surface area contributed by atoms with Gasteiger partial charge in [0.05, 0.1) is 5.69 Å². The van der Waals surface area contributed by atoms with E-state index in [1.54, 1.807) is 6.07 Å². The first-order valence-electron chi connectivity index (χ1n) is 20.1. The predicted octanol–water partition coefficient (Wildman–Crippen LogP) is 15.8. The number of hydrogen-bond donors (Lipinski definition) is 0. The van der Waals surface area contributed by atoms with Gasteiger partial charge in [0.2, 0.25) is 0 Å². The van der Waals surface area contributed by atoms with E-state index in [2.05, 4.69) is 166 Å². The van der Waals surface area contributed by atoms with Gasteiger partial charge >= 0.3 is 0 Å². The number of fused-ring (bicyclic) bond motifs is 4. The number of halogens is 1. The van der Waals surface area contributed by atoms with Crippen molar-refractivity contribution in [3.8, 4) is 11.1 Å². The van der Waals surface area contributed by atoms with Crippen LogP contribution in [0.1, 0.15) is 41.7 Å². The van der Waals surface area contributed by atoms with E-state index in [9.17, 15) is 0 Å². The van der Waals surface area contributed by atoms with Crippen LogP contribution in [0.15, 0.2) is 176 Å². The van der Waals surface area contributed by atoms with E-state index in [0.29, 0.717) is 5.69 Å². The van der Waals surface area contributed by atoms with Gasteiger partial charge in [0.15, 0.2) is 0 Å². The van der Waals surface area contributed by atoms with E-state index in [-0.39, 0.29) is 11.2 Å². The molecule has 0 atom stereocenters. The summed E-state index contributed by atoms with van der Waals surface area (Å²) in [6, 6.07) is 62.2. The second-order valence-corrected chi connectivity index (χ2v) is 16.4. The minimum absolute atomic E-state index is 0.164. The van der Waals surface area contributed by atoms with Crippen molar-refractivity contribution in [1.82, 2.24) is 0 Å². The molecule has 10 aromatic carbocycles. The Hall–Kier alpha value is -7.03. The van der Waals surface area contributed by atoms with Gasteiger partial charge in [-0.3, -0.25) is 0 Å². The fourth-order valence-corrected chi connectivity index (χ4v) is 9.57. The van der Waals surface area contributed by atoms with Crippen LogP contribution in [0, 0.1) is 12.7 Å². The fraction of sp³-hybridized carbons (Fsp3) is 0.0714. The van der Waals surface area contributed by atoms with Crippen LogP contribution in [-0.2, 0) is 5.41 Å². The van der Waals surface area contributed by atoms with Gasteiger partial charge in [-0.25, -0.2) is 4.39 Å². The Morgan fingerprint density at radius 3 is 1.88 bits per heavy atom. The smallest absolute Gasteiger partial charge is 0.147 e. The van der Waals surface area contributed by atoms with Crippen LogP contribution < -0.4 is 4.90 Å². The number of aryl methyl sites for hydroxylation is 1. The standard InChI is InChI=1S/C56H40FN/c1-35-12-4-10-18-52(35)58(53-19-11-9-17-51(53)57)44-27-26-38-28-36(22-23-39(38)32-44)20-21-37-29-41-24-25-42-31-43(34-50-55(42)54(41)49(30-37)56(50,2)3)48-33-40-13-5-6-14-45(40)46-15-7-8-16-47(46)48/h4-34H,1-3H3. The largest absolute Gasteiger partial charge is 0.307 e. The SMILES string of the molecule is Cc1ccccc1N(c1ccc2cc(C=Cc3cc4c5c(ccc6cc(-c7cc8ccccc8c8ccccc78)cc(c65)C4(C)C)c3)ccc2c1)c1ccccc1F. The molecular weight excluding hydrogens is 706 g/mol. The van der Waals surface area contributed by atoms with E-state index in [4.69, 9.17) is 0 Å². The highest BCUT2D eigenvalue weighted by molar-refractivity contribution is 6.18. The van der Waals surface area contributed by atoms with Gasteiger partial charge in [-0.1, -0.05) is 141 Å². The fourth-order valence-electron chi connectivity index (χ4n) is 9.57. The lowest BCUT2D eigenvalue weighted by atomic mass is 9.80. The second-order valence-electron chi connectivity index (χ2n) is 16.4. The van der Waals surface area contributed by atoms with E-state index in [1.165, 1.54) is 77.0 Å². The minimum atomic E-state index is -0.255. The summed E-state index contributed by atoms with van der Waals surface area (Å²) in [7, 11) is 0. The predicted molar refractivity (Wildman–Crippen MR) is 246 cm³/mol. The maximum absolute atomic E-state index is 15.3. The molecule has 58 heavy (non-hydrogen) atoms. The normalized spacial score (nSPS) is 13.2. The van der Waals surface area contributed by atoms with Gasteiger partial charge < -0.3 is 4.90 Å². The molecule has 11 rings (SSSR count). The summed E-state index contributed by atoms with van der Waals surface area (Å²) < 4.78 is 15.3. The molecule has 0 amide bonds. The summed E-state index contributed by atoms with van der Waals surface area (Å²) in [6.07, 6.45) is 4.47. The summed E-state index contributed by atoms with van der Waals surface area (Å²) in [6.45, 7) is 6.84. The van der Waals surface area contributed by atoms with Gasteiger partial charge in [0.1, 0.15) is 5.82 Å². The summed E-state index contributed by atoms with van der Waals surface area (Å²) >= 11 is 0. The minimum Gasteiger partial charge on any atom is -0.307 e. The average molecular weight is 746 g/mol. The van der Waals surface area contributed by atoms with Gasteiger partial charge in [-0.15, -0.1) is 0 Å². The highest BCUT2D eigenvalue weighted by Crippen LogP contribution is 2.51. The first kappa shape index (κ1) is 34.2. The van der Waals surface area contributed by atoms with E-state index < -0.39 is 0 Å². The lowest BCUT2D eigenvalue weighted by Crippen LogP contribution is -2.15. The van der Waals surface area contributed by atoms with Crippen LogP contribution in [0.25, 0.3) is 77.1 Å². The Bertz CT molecular complexity index is 3310. The lowest BCUT2D eigenvalue weighted by Gasteiger charge is -2.27. The average Bonchev–Trinajstić information content (AvgIpc) is 3.48. The number of benzene rings is 10. The summed E-state index contributed by atoms with van der Waals surface area (Å²) in [5.74, 6) is -0.255. The molecule has 0 heterocycles. The maximum atomic E-state index is 15.3. The molecule has 0 saturated heterocycles. The monoisotopic (exact) mass is 745 g/mol. The zero-order valence-electron chi connectivity index (χ0n) is 32.7. The van der Waals surface area contributed by atoms with Crippen molar-refractivity contribution >= 4 is 83.1 Å². The Kier molecular flexibility index (Phi) is 7.68. The Balaban J connectivity index is 0.945. The maximum Gasteiger partial charge on any atom is 0.147 e. The molecule has 276 valence electrons. The molecule has 0 fully saturated rings. The molecule has 10 aromatic rings. The first-order chi connectivity index (χ1) is 28.3. The van der Waals surface area contributed by atoms with Crippen LogP contribution in [-0.4, -0.2) is 0 Å². The summed E-state index contributed by atoms with van der Waals surface area (Å²) in [5.41, 5.74) is 11.0. The number of anilines is 3. The van der Waals surface area contributed by atoms with Crippen LogP contribution in [0.3, 0.4) is 0 Å². The van der Waals surface area contributed by atoms with Crippen molar-refractivity contribution < 1.29 is 4.39 Å². The molecule has 1 nitrogen and oxygen atoms in total. The van der Waals surface area contributed by atoms with E-state index >= 15 is 4.39 Å². The van der Waals surface area contributed by atoms with Crippen LogP contribution in [0.5, 0.6) is 0 Å².